The number of methoxy groups -OCH3 is 1. The normalized spacial score (nSPS) is 11.8. The molecule has 0 saturated carbocycles. The first-order valence-electron chi connectivity index (χ1n) is 8.56. The first-order valence-corrected chi connectivity index (χ1v) is 10.4. The average Bonchev–Trinajstić information content (AvgIpc) is 2.72. The van der Waals surface area contributed by atoms with Gasteiger partial charge in [-0.1, -0.05) is 17.5 Å². The van der Waals surface area contributed by atoms with E-state index in [0.717, 1.165) is 0 Å². The highest BCUT2D eigenvalue weighted by Gasteiger charge is 2.21. The fourth-order valence-corrected chi connectivity index (χ4v) is 3.39. The number of amides is 1. The number of anilines is 1. The molecule has 0 saturated heterocycles. The maximum absolute atomic E-state index is 12.4. The molecule has 0 heterocycles. The zero-order chi connectivity index (χ0) is 22.3. The minimum atomic E-state index is -3.78. The lowest BCUT2D eigenvalue weighted by atomic mass is 10.2. The molecular weight excluding hydrogens is 432 g/mol. The molecule has 0 fully saturated rings. The molecule has 0 radical (unpaired) electrons. The van der Waals surface area contributed by atoms with Crippen LogP contribution in [0.25, 0.3) is 0 Å². The molecule has 158 valence electrons. The second-order valence-corrected chi connectivity index (χ2v) is 8.14. The van der Waals surface area contributed by atoms with E-state index in [1.165, 1.54) is 44.4 Å². The predicted octanol–water partition coefficient (Wildman–Crippen LogP) is 2.44. The Labute approximate surface area is 179 Å². The zero-order valence-electron chi connectivity index (χ0n) is 16.1. The van der Waals surface area contributed by atoms with E-state index in [2.05, 4.69) is 16.0 Å². The number of nitrogens with one attached hydrogen (secondary N) is 2. The summed E-state index contributed by atoms with van der Waals surface area (Å²) in [6, 6.07) is 9.71. The van der Waals surface area contributed by atoms with Gasteiger partial charge < -0.3 is 14.8 Å². The Bertz CT molecular complexity index is 1080. The number of sulfonamides is 1. The summed E-state index contributed by atoms with van der Waals surface area (Å²) in [5, 5.41) is 2.97. The second-order valence-electron chi connectivity index (χ2n) is 5.93. The van der Waals surface area contributed by atoms with Crippen molar-refractivity contribution in [3.63, 3.8) is 0 Å². The third-order valence-electron chi connectivity index (χ3n) is 3.84. The average molecular weight is 451 g/mol. The molecular formula is C20H19ClN2O6S. The molecule has 1 amide bonds. The van der Waals surface area contributed by atoms with Crippen LogP contribution in [0.4, 0.5) is 5.69 Å². The molecule has 1 unspecified atom stereocenters. The van der Waals surface area contributed by atoms with Crippen LogP contribution < -0.4 is 14.8 Å². The number of benzene rings is 2. The van der Waals surface area contributed by atoms with Crippen molar-refractivity contribution in [1.82, 2.24) is 4.72 Å². The van der Waals surface area contributed by atoms with Gasteiger partial charge in [-0.15, -0.1) is 6.42 Å². The molecule has 0 aliphatic rings. The summed E-state index contributed by atoms with van der Waals surface area (Å²) >= 11 is 5.92. The van der Waals surface area contributed by atoms with Gasteiger partial charge in [-0.25, -0.2) is 13.2 Å². The minimum absolute atomic E-state index is 0.0619. The third-order valence-corrected chi connectivity index (χ3v) is 5.49. The highest BCUT2D eigenvalue weighted by atomic mass is 35.5. The summed E-state index contributed by atoms with van der Waals surface area (Å²) in [5.41, 5.74) is 0.401. The van der Waals surface area contributed by atoms with E-state index in [0.29, 0.717) is 16.5 Å². The first-order chi connectivity index (χ1) is 14.2. The van der Waals surface area contributed by atoms with Crippen molar-refractivity contribution in [3.8, 4) is 18.1 Å². The van der Waals surface area contributed by atoms with Crippen LogP contribution >= 0.6 is 11.6 Å². The molecule has 2 rings (SSSR count). The molecule has 2 aromatic carbocycles. The molecule has 0 aliphatic heterocycles. The van der Waals surface area contributed by atoms with Gasteiger partial charge in [0.2, 0.25) is 10.0 Å². The van der Waals surface area contributed by atoms with Crippen molar-refractivity contribution in [2.45, 2.75) is 17.9 Å². The molecule has 1 atom stereocenters. The van der Waals surface area contributed by atoms with Crippen molar-refractivity contribution in [3.05, 3.63) is 53.1 Å². The number of hydrogen-bond donors (Lipinski definition) is 2. The van der Waals surface area contributed by atoms with Crippen LogP contribution in [-0.2, 0) is 19.6 Å². The van der Waals surface area contributed by atoms with Crippen LogP contribution in [0.15, 0.2) is 47.4 Å². The lowest BCUT2D eigenvalue weighted by Gasteiger charge is -2.15. The summed E-state index contributed by atoms with van der Waals surface area (Å²) in [6.45, 7) is 1.24. The predicted molar refractivity (Wildman–Crippen MR) is 112 cm³/mol. The summed E-state index contributed by atoms with van der Waals surface area (Å²) < 4.78 is 36.5. The molecule has 0 spiro atoms. The quantitative estimate of drug-likeness (QED) is 0.472. The highest BCUT2D eigenvalue weighted by Crippen LogP contribution is 2.27. The van der Waals surface area contributed by atoms with Gasteiger partial charge in [0.15, 0.2) is 6.10 Å². The Balaban J connectivity index is 2.04. The lowest BCUT2D eigenvalue weighted by Crippen LogP contribution is -2.30. The number of rotatable bonds is 8. The van der Waals surface area contributed by atoms with E-state index in [1.54, 1.807) is 12.1 Å². The number of esters is 1. The maximum atomic E-state index is 12.4. The molecule has 0 aromatic heterocycles. The number of carbonyl (C=O) groups excluding carboxylic acids is 2. The van der Waals surface area contributed by atoms with E-state index in [-0.39, 0.29) is 17.0 Å². The van der Waals surface area contributed by atoms with E-state index >= 15 is 0 Å². The van der Waals surface area contributed by atoms with Crippen molar-refractivity contribution >= 4 is 39.2 Å². The van der Waals surface area contributed by atoms with Crippen LogP contribution in [-0.4, -0.2) is 40.1 Å². The van der Waals surface area contributed by atoms with E-state index < -0.39 is 28.0 Å². The fraction of sp³-hybridized carbons (Fsp3) is 0.200. The van der Waals surface area contributed by atoms with Crippen molar-refractivity contribution in [2.75, 3.05) is 19.0 Å². The smallest absolute Gasteiger partial charge is 0.338 e. The van der Waals surface area contributed by atoms with Crippen LogP contribution in [0.5, 0.6) is 5.75 Å². The largest absolute Gasteiger partial charge is 0.495 e. The van der Waals surface area contributed by atoms with E-state index in [1.807, 2.05) is 0 Å². The van der Waals surface area contributed by atoms with Crippen molar-refractivity contribution in [1.29, 1.82) is 0 Å². The van der Waals surface area contributed by atoms with Crippen LogP contribution in [0.3, 0.4) is 0 Å². The highest BCUT2D eigenvalue weighted by molar-refractivity contribution is 7.89. The van der Waals surface area contributed by atoms with Gasteiger partial charge in [0.25, 0.3) is 5.91 Å². The molecule has 10 heteroatoms. The minimum Gasteiger partial charge on any atom is -0.495 e. The molecule has 8 nitrogen and oxygen atoms in total. The topological polar surface area (TPSA) is 111 Å². The molecule has 0 aliphatic carbocycles. The van der Waals surface area contributed by atoms with Gasteiger partial charge in [-0.2, -0.15) is 4.72 Å². The van der Waals surface area contributed by atoms with Crippen molar-refractivity contribution in [2.24, 2.45) is 0 Å². The Morgan fingerprint density at radius 1 is 1.20 bits per heavy atom. The Kier molecular flexibility index (Phi) is 7.83. The molecule has 0 bridgehead atoms. The van der Waals surface area contributed by atoms with Gasteiger partial charge in [0.05, 0.1) is 29.8 Å². The van der Waals surface area contributed by atoms with E-state index in [4.69, 9.17) is 27.5 Å². The zero-order valence-corrected chi connectivity index (χ0v) is 17.7. The summed E-state index contributed by atoms with van der Waals surface area (Å²) in [4.78, 5) is 24.6. The van der Waals surface area contributed by atoms with Crippen LogP contribution in [0.2, 0.25) is 5.02 Å². The van der Waals surface area contributed by atoms with Crippen molar-refractivity contribution < 1.29 is 27.5 Å². The van der Waals surface area contributed by atoms with Gasteiger partial charge in [0.1, 0.15) is 5.75 Å². The molecule has 2 N–H and O–H groups in total. The SMILES string of the molecule is C#CCNS(=O)(=O)c1ccc(C(=O)OC(C)C(=O)Nc2cc(Cl)ccc2OC)cc1. The summed E-state index contributed by atoms with van der Waals surface area (Å²) in [6.07, 6.45) is 3.90. The second kappa shape index (κ2) is 10.1. The maximum Gasteiger partial charge on any atom is 0.338 e. The van der Waals surface area contributed by atoms with E-state index in [9.17, 15) is 18.0 Å². The van der Waals surface area contributed by atoms with Crippen LogP contribution in [0.1, 0.15) is 17.3 Å². The van der Waals surface area contributed by atoms with Crippen LogP contribution in [0, 0.1) is 12.3 Å². The monoisotopic (exact) mass is 450 g/mol. The molecule has 30 heavy (non-hydrogen) atoms. The standard InChI is InChI=1S/C20H19ClN2O6S/c1-4-11-22-30(26,27)16-8-5-14(6-9-16)20(25)29-13(2)19(24)23-17-12-15(21)7-10-18(17)28-3/h1,5-10,12-13,22H,11H2,2-3H3,(H,23,24). The first kappa shape index (κ1) is 23.2. The fourth-order valence-electron chi connectivity index (χ4n) is 2.28. The van der Waals surface area contributed by atoms with Gasteiger partial charge in [-0.3, -0.25) is 4.79 Å². The molecule has 2 aromatic rings. The lowest BCUT2D eigenvalue weighted by molar-refractivity contribution is -0.123. The Hall–Kier alpha value is -3.06. The summed E-state index contributed by atoms with van der Waals surface area (Å²) in [5.74, 6) is 1.16. The number of ether oxygens (including phenoxy) is 2. The number of carbonyl (C=O) groups is 2. The number of hydrogen-bond acceptors (Lipinski definition) is 6. The Morgan fingerprint density at radius 2 is 1.87 bits per heavy atom. The number of halogens is 1. The Morgan fingerprint density at radius 3 is 2.47 bits per heavy atom. The van der Waals surface area contributed by atoms with Gasteiger partial charge in [-0.05, 0) is 49.4 Å². The van der Waals surface area contributed by atoms with Gasteiger partial charge in [0, 0.05) is 5.02 Å². The summed E-state index contributed by atoms with van der Waals surface area (Å²) in [7, 11) is -2.34. The third kappa shape index (κ3) is 5.97. The van der Waals surface area contributed by atoms with Gasteiger partial charge >= 0.3 is 5.97 Å². The number of terminal acetylenes is 1.